The Morgan fingerprint density at radius 2 is 1.10 bits per heavy atom. The van der Waals surface area contributed by atoms with Gasteiger partial charge in [-0.2, -0.15) is 0 Å². The van der Waals surface area contributed by atoms with Crippen molar-refractivity contribution < 1.29 is 4.79 Å². The molecule has 4 aromatic rings. The average Bonchev–Trinajstić information content (AvgIpc) is 2.78. The van der Waals surface area contributed by atoms with Crippen LogP contribution >= 0.6 is 11.8 Å². The van der Waals surface area contributed by atoms with Gasteiger partial charge in [0, 0.05) is 34.1 Å². The standard InChI is InChI=1S/C28H18OS/c1-21(29)30-26-19-13-23(14-20-26)12-16-25-18-17-24(27-9-5-6-10-28(25)27)15-11-22-7-3-2-4-8-22/h2-10,13-14,17-20H,1H3. The third kappa shape index (κ3) is 4.81. The van der Waals surface area contributed by atoms with Gasteiger partial charge in [0.2, 0.25) is 0 Å². The molecular formula is C28H18OS. The van der Waals surface area contributed by atoms with Crippen molar-refractivity contribution in [2.45, 2.75) is 11.8 Å². The zero-order chi connectivity index (χ0) is 20.8. The van der Waals surface area contributed by atoms with Gasteiger partial charge in [0.25, 0.3) is 0 Å². The number of fused-ring (bicyclic) bond motifs is 1. The fraction of sp³-hybridized carbons (Fsp3) is 0.0357. The van der Waals surface area contributed by atoms with Crippen LogP contribution in [0, 0.1) is 23.7 Å². The first kappa shape index (κ1) is 19.6. The Morgan fingerprint density at radius 3 is 1.63 bits per heavy atom. The summed E-state index contributed by atoms with van der Waals surface area (Å²) in [6.45, 7) is 1.57. The predicted octanol–water partition coefficient (Wildman–Crippen LogP) is 6.28. The quantitative estimate of drug-likeness (QED) is 0.275. The summed E-state index contributed by atoms with van der Waals surface area (Å²) in [6, 6.07) is 30.0. The second-order valence-corrected chi connectivity index (χ2v) is 7.94. The second kappa shape index (κ2) is 9.19. The molecule has 142 valence electrons. The van der Waals surface area contributed by atoms with Crippen molar-refractivity contribution in [2.24, 2.45) is 0 Å². The van der Waals surface area contributed by atoms with Crippen LogP contribution in [0.15, 0.2) is 95.9 Å². The Labute approximate surface area is 181 Å². The van der Waals surface area contributed by atoms with E-state index in [4.69, 9.17) is 0 Å². The fourth-order valence-electron chi connectivity index (χ4n) is 3.09. The first-order valence-electron chi connectivity index (χ1n) is 9.58. The summed E-state index contributed by atoms with van der Waals surface area (Å²) in [5.74, 6) is 13.1. The normalized spacial score (nSPS) is 9.90. The van der Waals surface area contributed by atoms with E-state index in [0.29, 0.717) is 0 Å². The lowest BCUT2D eigenvalue weighted by molar-refractivity contribution is -0.109. The Balaban J connectivity index is 1.66. The average molecular weight is 403 g/mol. The highest BCUT2D eigenvalue weighted by molar-refractivity contribution is 8.13. The first-order valence-corrected chi connectivity index (χ1v) is 10.4. The molecule has 0 radical (unpaired) electrons. The number of carbonyl (C=O) groups is 1. The monoisotopic (exact) mass is 402 g/mol. The summed E-state index contributed by atoms with van der Waals surface area (Å²) in [4.78, 5) is 12.1. The van der Waals surface area contributed by atoms with E-state index < -0.39 is 0 Å². The van der Waals surface area contributed by atoms with Crippen LogP contribution in [0.25, 0.3) is 10.8 Å². The third-order valence-corrected chi connectivity index (χ3v) is 5.29. The number of hydrogen-bond donors (Lipinski definition) is 0. The number of thioether (sulfide) groups is 1. The smallest absolute Gasteiger partial charge is 0.190 e. The largest absolute Gasteiger partial charge is 0.287 e. The van der Waals surface area contributed by atoms with Crippen molar-refractivity contribution in [3.05, 3.63) is 113 Å². The van der Waals surface area contributed by atoms with E-state index in [9.17, 15) is 4.79 Å². The van der Waals surface area contributed by atoms with Gasteiger partial charge < -0.3 is 0 Å². The van der Waals surface area contributed by atoms with E-state index in [0.717, 1.165) is 37.9 Å². The molecule has 0 fully saturated rings. The molecule has 0 aliphatic heterocycles. The topological polar surface area (TPSA) is 17.1 Å². The van der Waals surface area contributed by atoms with Crippen LogP contribution in [0.4, 0.5) is 0 Å². The third-order valence-electron chi connectivity index (χ3n) is 4.50. The number of hydrogen-bond acceptors (Lipinski definition) is 2. The zero-order valence-corrected chi connectivity index (χ0v) is 17.3. The number of benzene rings is 4. The maximum Gasteiger partial charge on any atom is 0.190 e. The minimum Gasteiger partial charge on any atom is -0.287 e. The second-order valence-electron chi connectivity index (χ2n) is 6.69. The fourth-order valence-corrected chi connectivity index (χ4v) is 3.69. The van der Waals surface area contributed by atoms with E-state index >= 15 is 0 Å². The van der Waals surface area contributed by atoms with Crippen LogP contribution in [0.2, 0.25) is 0 Å². The van der Waals surface area contributed by atoms with Crippen LogP contribution in [0.5, 0.6) is 0 Å². The maximum atomic E-state index is 11.2. The molecule has 4 rings (SSSR count). The molecule has 0 bridgehead atoms. The van der Waals surface area contributed by atoms with E-state index in [1.54, 1.807) is 6.92 Å². The molecule has 0 atom stereocenters. The van der Waals surface area contributed by atoms with Gasteiger partial charge in [-0.15, -0.1) is 0 Å². The van der Waals surface area contributed by atoms with Gasteiger partial charge in [0.15, 0.2) is 5.12 Å². The minimum atomic E-state index is 0.0794. The minimum absolute atomic E-state index is 0.0794. The molecular weight excluding hydrogens is 384 g/mol. The molecule has 0 amide bonds. The molecule has 0 saturated carbocycles. The Morgan fingerprint density at radius 1 is 0.600 bits per heavy atom. The van der Waals surface area contributed by atoms with E-state index in [-0.39, 0.29) is 5.12 Å². The molecule has 0 aliphatic rings. The Bertz CT molecular complexity index is 1330. The van der Waals surface area contributed by atoms with Crippen LogP contribution in [0.1, 0.15) is 29.2 Å². The highest BCUT2D eigenvalue weighted by Crippen LogP contribution is 2.22. The molecule has 0 saturated heterocycles. The van der Waals surface area contributed by atoms with Crippen LogP contribution in [-0.2, 0) is 4.79 Å². The lowest BCUT2D eigenvalue weighted by Gasteiger charge is -2.03. The summed E-state index contributed by atoms with van der Waals surface area (Å²) in [5, 5.41) is 2.27. The molecule has 0 heterocycles. The van der Waals surface area contributed by atoms with Crippen LogP contribution < -0.4 is 0 Å². The Kier molecular flexibility index (Phi) is 6.00. The highest BCUT2D eigenvalue weighted by atomic mass is 32.2. The van der Waals surface area contributed by atoms with Gasteiger partial charge in [-0.05, 0) is 59.3 Å². The van der Waals surface area contributed by atoms with Crippen molar-refractivity contribution in [3.8, 4) is 23.7 Å². The molecule has 30 heavy (non-hydrogen) atoms. The molecule has 0 aromatic heterocycles. The maximum absolute atomic E-state index is 11.2. The lowest BCUT2D eigenvalue weighted by Crippen LogP contribution is -1.85. The molecule has 0 spiro atoms. The van der Waals surface area contributed by atoms with Crippen molar-refractivity contribution in [1.82, 2.24) is 0 Å². The first-order chi connectivity index (χ1) is 14.7. The summed E-state index contributed by atoms with van der Waals surface area (Å²) in [6.07, 6.45) is 0. The van der Waals surface area contributed by atoms with Crippen molar-refractivity contribution in [3.63, 3.8) is 0 Å². The molecule has 4 aromatic carbocycles. The molecule has 0 unspecified atom stereocenters. The van der Waals surface area contributed by atoms with Crippen LogP contribution in [-0.4, -0.2) is 5.12 Å². The Hall–Kier alpha value is -3.72. The SMILES string of the molecule is CC(=O)Sc1ccc(C#Cc2ccc(C#Cc3ccccc3)c3ccccc23)cc1. The van der Waals surface area contributed by atoms with Gasteiger partial charge >= 0.3 is 0 Å². The van der Waals surface area contributed by atoms with Gasteiger partial charge in [-0.3, -0.25) is 4.79 Å². The van der Waals surface area contributed by atoms with Crippen molar-refractivity contribution in [1.29, 1.82) is 0 Å². The van der Waals surface area contributed by atoms with Crippen molar-refractivity contribution >= 4 is 27.6 Å². The highest BCUT2D eigenvalue weighted by Gasteiger charge is 2.03. The summed E-state index contributed by atoms with van der Waals surface area (Å²) in [7, 11) is 0. The van der Waals surface area contributed by atoms with Gasteiger partial charge in [-0.1, -0.05) is 77.9 Å². The summed E-state index contributed by atoms with van der Waals surface area (Å²) < 4.78 is 0. The zero-order valence-electron chi connectivity index (χ0n) is 16.5. The van der Waals surface area contributed by atoms with E-state index in [1.165, 1.54) is 11.8 Å². The molecule has 0 N–H and O–H groups in total. The molecule has 0 aliphatic carbocycles. The van der Waals surface area contributed by atoms with E-state index in [1.807, 2.05) is 78.9 Å². The van der Waals surface area contributed by atoms with Crippen molar-refractivity contribution in [2.75, 3.05) is 0 Å². The summed E-state index contributed by atoms with van der Waals surface area (Å²) >= 11 is 1.23. The predicted molar refractivity (Wildman–Crippen MR) is 125 cm³/mol. The number of carbonyl (C=O) groups excluding carboxylic acids is 1. The lowest BCUT2D eigenvalue weighted by atomic mass is 9.99. The number of rotatable bonds is 1. The van der Waals surface area contributed by atoms with Gasteiger partial charge in [0.1, 0.15) is 0 Å². The molecule has 2 heteroatoms. The van der Waals surface area contributed by atoms with Crippen LogP contribution in [0.3, 0.4) is 0 Å². The van der Waals surface area contributed by atoms with E-state index in [2.05, 4.69) is 35.8 Å². The molecule has 1 nitrogen and oxygen atoms in total. The van der Waals surface area contributed by atoms with Gasteiger partial charge in [-0.25, -0.2) is 0 Å². The van der Waals surface area contributed by atoms with Gasteiger partial charge in [0.05, 0.1) is 0 Å². The summed E-state index contributed by atoms with van der Waals surface area (Å²) in [5.41, 5.74) is 3.88.